The number of ether oxygens (including phenoxy) is 2. The van der Waals surface area contributed by atoms with Crippen LogP contribution < -0.4 is 5.73 Å². The molecule has 0 aliphatic heterocycles. The number of esters is 1. The van der Waals surface area contributed by atoms with E-state index in [0.717, 1.165) is 24.0 Å². The summed E-state index contributed by atoms with van der Waals surface area (Å²) in [5.74, 6) is -0.413. The van der Waals surface area contributed by atoms with Crippen molar-refractivity contribution in [3.63, 3.8) is 0 Å². The zero-order chi connectivity index (χ0) is 14.4. The number of carbonyl (C=O) groups is 1. The van der Waals surface area contributed by atoms with Crippen molar-refractivity contribution in [1.82, 2.24) is 0 Å². The summed E-state index contributed by atoms with van der Waals surface area (Å²) in [6.07, 6.45) is 1.81. The molecule has 4 nitrogen and oxygen atoms in total. The fraction of sp³-hybridized carbons (Fsp3) is 0.533. The lowest BCUT2D eigenvalue weighted by molar-refractivity contribution is 0.0497. The fourth-order valence-corrected chi connectivity index (χ4v) is 2.07. The maximum absolute atomic E-state index is 11.7. The van der Waals surface area contributed by atoms with Gasteiger partial charge in [0.05, 0.1) is 18.8 Å². The number of rotatable bonds is 6. The molecule has 0 saturated carbocycles. The normalized spacial score (nSPS) is 12.2. The molecule has 0 amide bonds. The minimum absolute atomic E-state index is 0.0102. The van der Waals surface area contributed by atoms with Gasteiger partial charge in [0.1, 0.15) is 0 Å². The molecule has 0 spiro atoms. The van der Waals surface area contributed by atoms with Crippen molar-refractivity contribution in [2.45, 2.75) is 39.7 Å². The predicted molar refractivity (Wildman–Crippen MR) is 76.2 cm³/mol. The minimum atomic E-state index is -0.413. The predicted octanol–water partition coefficient (Wildman–Crippen LogP) is 3.24. The molecule has 0 fully saturated rings. The number of nitrogens with two attached hydrogens (primary N) is 1. The molecule has 0 heterocycles. The van der Waals surface area contributed by atoms with Gasteiger partial charge in [-0.05, 0) is 43.0 Å². The molecule has 19 heavy (non-hydrogen) atoms. The molecular formula is C15H23NO3. The summed E-state index contributed by atoms with van der Waals surface area (Å²) >= 11 is 0. The van der Waals surface area contributed by atoms with Crippen molar-refractivity contribution in [2.75, 3.05) is 19.5 Å². The Kier molecular flexibility index (Phi) is 5.83. The minimum Gasteiger partial charge on any atom is -0.465 e. The summed E-state index contributed by atoms with van der Waals surface area (Å²) in [4.78, 5) is 11.7. The second-order valence-electron chi connectivity index (χ2n) is 4.56. The maximum atomic E-state index is 11.7. The van der Waals surface area contributed by atoms with Crippen LogP contribution in [0.15, 0.2) is 12.1 Å². The number of anilines is 1. The third-order valence-electron chi connectivity index (χ3n) is 3.08. The Hall–Kier alpha value is -1.55. The highest BCUT2D eigenvalue weighted by atomic mass is 16.5. The molecule has 1 atom stereocenters. The summed E-state index contributed by atoms with van der Waals surface area (Å²) in [6.45, 7) is 6.82. The van der Waals surface area contributed by atoms with Crippen molar-refractivity contribution < 1.29 is 14.3 Å². The monoisotopic (exact) mass is 265 g/mol. The standard InChI is InChI=1S/C15H23NO3/c1-5-7-19-14(6-2)11-9-12(15(17)18-4)13(16)8-10(11)3/h8-9,14H,5-7,16H2,1-4H3. The van der Waals surface area contributed by atoms with Crippen LogP contribution in [-0.4, -0.2) is 19.7 Å². The highest BCUT2D eigenvalue weighted by molar-refractivity contribution is 5.95. The Morgan fingerprint density at radius 2 is 2.05 bits per heavy atom. The van der Waals surface area contributed by atoms with Gasteiger partial charge < -0.3 is 15.2 Å². The van der Waals surface area contributed by atoms with E-state index < -0.39 is 5.97 Å². The first-order valence-electron chi connectivity index (χ1n) is 6.65. The molecule has 1 aromatic rings. The molecule has 0 radical (unpaired) electrons. The van der Waals surface area contributed by atoms with Gasteiger partial charge in [-0.3, -0.25) is 0 Å². The zero-order valence-electron chi connectivity index (χ0n) is 12.2. The van der Waals surface area contributed by atoms with Crippen molar-refractivity contribution >= 4 is 11.7 Å². The second kappa shape index (κ2) is 7.14. The Balaban J connectivity index is 3.14. The van der Waals surface area contributed by atoms with Crippen LogP contribution in [0.2, 0.25) is 0 Å². The van der Waals surface area contributed by atoms with Gasteiger partial charge in [0.15, 0.2) is 0 Å². The van der Waals surface area contributed by atoms with Crippen molar-refractivity contribution in [2.24, 2.45) is 0 Å². The highest BCUT2D eigenvalue weighted by Gasteiger charge is 2.18. The Morgan fingerprint density at radius 1 is 1.37 bits per heavy atom. The Morgan fingerprint density at radius 3 is 2.58 bits per heavy atom. The molecule has 0 aromatic heterocycles. The Labute approximate surface area is 114 Å². The molecule has 106 valence electrons. The third kappa shape index (κ3) is 3.70. The van der Waals surface area contributed by atoms with Crippen LogP contribution in [0, 0.1) is 6.92 Å². The molecule has 1 rings (SSSR count). The fourth-order valence-electron chi connectivity index (χ4n) is 2.07. The quantitative estimate of drug-likeness (QED) is 0.633. The van der Waals surface area contributed by atoms with Gasteiger partial charge in [-0.15, -0.1) is 0 Å². The maximum Gasteiger partial charge on any atom is 0.339 e. The lowest BCUT2D eigenvalue weighted by Gasteiger charge is -2.20. The number of benzene rings is 1. The van der Waals surface area contributed by atoms with E-state index in [2.05, 4.69) is 13.8 Å². The van der Waals surface area contributed by atoms with E-state index >= 15 is 0 Å². The van der Waals surface area contributed by atoms with E-state index in [1.54, 1.807) is 12.1 Å². The van der Waals surface area contributed by atoms with Crippen LogP contribution in [0.4, 0.5) is 5.69 Å². The molecule has 1 unspecified atom stereocenters. The summed E-state index contributed by atoms with van der Waals surface area (Å²) in [6, 6.07) is 3.60. The van der Waals surface area contributed by atoms with Crippen molar-refractivity contribution in [3.8, 4) is 0 Å². The molecule has 0 bridgehead atoms. The molecule has 0 aliphatic rings. The van der Waals surface area contributed by atoms with Crippen LogP contribution in [-0.2, 0) is 9.47 Å². The van der Waals surface area contributed by atoms with E-state index in [4.69, 9.17) is 15.2 Å². The largest absolute Gasteiger partial charge is 0.465 e. The van der Waals surface area contributed by atoms with E-state index in [-0.39, 0.29) is 6.10 Å². The number of carbonyl (C=O) groups excluding carboxylic acids is 1. The lowest BCUT2D eigenvalue weighted by atomic mass is 9.97. The number of hydrogen-bond acceptors (Lipinski definition) is 4. The molecule has 2 N–H and O–H groups in total. The number of methoxy groups -OCH3 is 1. The second-order valence-corrected chi connectivity index (χ2v) is 4.56. The van der Waals surface area contributed by atoms with Gasteiger partial charge in [-0.25, -0.2) is 4.79 Å². The lowest BCUT2D eigenvalue weighted by Crippen LogP contribution is -2.11. The van der Waals surface area contributed by atoms with Gasteiger partial charge in [0.2, 0.25) is 0 Å². The molecule has 0 aliphatic carbocycles. The van der Waals surface area contributed by atoms with Gasteiger partial charge in [-0.2, -0.15) is 0 Å². The first-order chi connectivity index (χ1) is 9.04. The Bertz CT molecular complexity index is 443. The van der Waals surface area contributed by atoms with Gasteiger partial charge in [0, 0.05) is 12.3 Å². The number of aryl methyl sites for hydroxylation is 1. The van der Waals surface area contributed by atoms with Crippen LogP contribution in [0.3, 0.4) is 0 Å². The van der Waals surface area contributed by atoms with Gasteiger partial charge in [-0.1, -0.05) is 13.8 Å². The first-order valence-corrected chi connectivity index (χ1v) is 6.65. The average molecular weight is 265 g/mol. The molecule has 0 saturated heterocycles. The van der Waals surface area contributed by atoms with Gasteiger partial charge >= 0.3 is 5.97 Å². The van der Waals surface area contributed by atoms with E-state index in [1.165, 1.54) is 7.11 Å². The summed E-state index contributed by atoms with van der Waals surface area (Å²) < 4.78 is 10.6. The molecular weight excluding hydrogens is 242 g/mol. The first kappa shape index (κ1) is 15.5. The van der Waals surface area contributed by atoms with E-state index in [1.807, 2.05) is 6.92 Å². The summed E-state index contributed by atoms with van der Waals surface area (Å²) in [5.41, 5.74) is 8.75. The van der Waals surface area contributed by atoms with Crippen molar-refractivity contribution in [3.05, 3.63) is 28.8 Å². The SMILES string of the molecule is CCCOC(CC)c1cc(C(=O)OC)c(N)cc1C. The highest BCUT2D eigenvalue weighted by Crippen LogP contribution is 2.28. The average Bonchev–Trinajstić information content (AvgIpc) is 2.40. The van der Waals surface area contributed by atoms with Crippen LogP contribution >= 0.6 is 0 Å². The summed E-state index contributed by atoms with van der Waals surface area (Å²) in [5, 5.41) is 0. The topological polar surface area (TPSA) is 61.5 Å². The number of nitrogen functional groups attached to an aromatic ring is 1. The third-order valence-corrected chi connectivity index (χ3v) is 3.08. The number of hydrogen-bond donors (Lipinski definition) is 1. The molecule has 4 heteroatoms. The zero-order valence-corrected chi connectivity index (χ0v) is 12.2. The van der Waals surface area contributed by atoms with Crippen molar-refractivity contribution in [1.29, 1.82) is 0 Å². The van der Waals surface area contributed by atoms with Crippen LogP contribution in [0.25, 0.3) is 0 Å². The van der Waals surface area contributed by atoms with E-state index in [0.29, 0.717) is 17.9 Å². The summed E-state index contributed by atoms with van der Waals surface area (Å²) in [7, 11) is 1.35. The smallest absolute Gasteiger partial charge is 0.339 e. The van der Waals surface area contributed by atoms with E-state index in [9.17, 15) is 4.79 Å². The molecule has 1 aromatic carbocycles. The van der Waals surface area contributed by atoms with Crippen LogP contribution in [0.1, 0.15) is 54.3 Å². The van der Waals surface area contributed by atoms with Gasteiger partial charge in [0.25, 0.3) is 0 Å². The van der Waals surface area contributed by atoms with Crippen LogP contribution in [0.5, 0.6) is 0 Å².